The van der Waals surface area contributed by atoms with Crippen molar-refractivity contribution in [1.29, 1.82) is 0 Å². The number of amides is 1. The van der Waals surface area contributed by atoms with E-state index in [1.165, 1.54) is 0 Å². The molecule has 1 amide bonds. The fourth-order valence-corrected chi connectivity index (χ4v) is 2.67. The van der Waals surface area contributed by atoms with E-state index in [0.29, 0.717) is 5.56 Å². The quantitative estimate of drug-likeness (QED) is 0.532. The Morgan fingerprint density at radius 3 is 2.26 bits per heavy atom. The molecule has 1 unspecified atom stereocenters. The number of anilines is 1. The summed E-state index contributed by atoms with van der Waals surface area (Å²) in [6, 6.07) is 14.5. The van der Waals surface area contributed by atoms with Gasteiger partial charge < -0.3 is 15.8 Å². The summed E-state index contributed by atoms with van der Waals surface area (Å²) in [6.07, 6.45) is -1.19. The lowest BCUT2D eigenvalue weighted by Gasteiger charge is -2.17. The third kappa shape index (κ3) is 5.10. The van der Waals surface area contributed by atoms with Crippen molar-refractivity contribution < 1.29 is 14.3 Å². The number of alkyl carbamates (subject to hydrolysis) is 1. The number of nitrogens with two attached hydrogens (primary N) is 1. The number of carbonyl (C=O) groups excluding carboxylic acids is 2. The van der Waals surface area contributed by atoms with E-state index in [-0.39, 0.29) is 17.2 Å². The van der Waals surface area contributed by atoms with Crippen molar-refractivity contribution in [2.24, 2.45) is 5.73 Å². The number of nitrogens with one attached hydrogen (secondary N) is 2. The van der Waals surface area contributed by atoms with Gasteiger partial charge in [-0.1, -0.05) is 24.3 Å². The Labute approximate surface area is 159 Å². The van der Waals surface area contributed by atoms with Gasteiger partial charge >= 0.3 is 6.09 Å². The van der Waals surface area contributed by atoms with E-state index >= 15 is 0 Å². The Morgan fingerprint density at radius 1 is 1.07 bits per heavy atom. The van der Waals surface area contributed by atoms with Gasteiger partial charge in [-0.25, -0.2) is 4.79 Å². The normalized spacial score (nSPS) is 12.6. The molecule has 6 heteroatoms. The first kappa shape index (κ1) is 20.0. The molecule has 6 nitrogen and oxygen atoms in total. The highest BCUT2D eigenvalue weighted by molar-refractivity contribution is 6.10. The highest BCUT2D eigenvalue weighted by Crippen LogP contribution is 2.21. The topological polar surface area (TPSA) is 93.5 Å². The maximum Gasteiger partial charge on any atom is 0.412 e. The standard InChI is InChI=1S/C21H25N3O3/c1-13-7-5-6-8-18(13)15(3)27-21(26)24-19(14(2)22)20(25)16-9-11-17(23-4)12-10-16/h5-12,15,23H,22H2,1-4H3,(H,24,26)/b19-14+. The molecule has 27 heavy (non-hydrogen) atoms. The molecule has 0 bridgehead atoms. The van der Waals surface area contributed by atoms with Gasteiger partial charge in [0, 0.05) is 24.0 Å². The minimum atomic E-state index is -0.731. The lowest BCUT2D eigenvalue weighted by atomic mass is 10.0. The summed E-state index contributed by atoms with van der Waals surface area (Å²) >= 11 is 0. The molecule has 2 aromatic carbocycles. The number of hydrogen-bond donors (Lipinski definition) is 3. The van der Waals surface area contributed by atoms with Gasteiger partial charge in [0.2, 0.25) is 5.78 Å². The molecular weight excluding hydrogens is 342 g/mol. The second-order valence-electron chi connectivity index (χ2n) is 6.24. The van der Waals surface area contributed by atoms with Crippen molar-refractivity contribution in [3.63, 3.8) is 0 Å². The molecule has 0 aliphatic rings. The molecule has 0 spiro atoms. The number of Topliss-reactive ketones (excluding diaryl/α,β-unsaturated/α-hetero) is 1. The summed E-state index contributed by atoms with van der Waals surface area (Å²) in [5.41, 5.74) is 9.25. The highest BCUT2D eigenvalue weighted by atomic mass is 16.6. The van der Waals surface area contributed by atoms with Crippen LogP contribution in [0.3, 0.4) is 0 Å². The number of ketones is 1. The molecule has 0 aliphatic carbocycles. The molecular formula is C21H25N3O3. The summed E-state index contributed by atoms with van der Waals surface area (Å²) < 4.78 is 5.42. The summed E-state index contributed by atoms with van der Waals surface area (Å²) in [5, 5.41) is 5.47. The van der Waals surface area contributed by atoms with E-state index in [1.54, 1.807) is 45.2 Å². The maximum absolute atomic E-state index is 12.7. The minimum Gasteiger partial charge on any atom is -0.441 e. The van der Waals surface area contributed by atoms with Crippen LogP contribution in [0.1, 0.15) is 41.4 Å². The van der Waals surface area contributed by atoms with Gasteiger partial charge in [-0.05, 0) is 56.2 Å². The first-order valence-electron chi connectivity index (χ1n) is 8.65. The lowest BCUT2D eigenvalue weighted by Crippen LogP contribution is -2.31. The Balaban J connectivity index is 2.11. The molecule has 0 saturated carbocycles. The van der Waals surface area contributed by atoms with E-state index in [0.717, 1.165) is 16.8 Å². The monoisotopic (exact) mass is 367 g/mol. The predicted molar refractivity (Wildman–Crippen MR) is 106 cm³/mol. The van der Waals surface area contributed by atoms with Crippen LogP contribution in [0.2, 0.25) is 0 Å². The van der Waals surface area contributed by atoms with Gasteiger partial charge in [0.15, 0.2) is 0 Å². The first-order valence-corrected chi connectivity index (χ1v) is 8.65. The smallest absolute Gasteiger partial charge is 0.412 e. The molecule has 0 radical (unpaired) electrons. The number of ether oxygens (including phenoxy) is 1. The van der Waals surface area contributed by atoms with Gasteiger partial charge in [-0.3, -0.25) is 10.1 Å². The van der Waals surface area contributed by atoms with Gasteiger partial charge in [0.25, 0.3) is 0 Å². The van der Waals surface area contributed by atoms with Crippen molar-refractivity contribution in [3.05, 3.63) is 76.6 Å². The zero-order chi connectivity index (χ0) is 20.0. The van der Waals surface area contributed by atoms with Gasteiger partial charge in [-0.15, -0.1) is 0 Å². The van der Waals surface area contributed by atoms with Gasteiger partial charge in [0.1, 0.15) is 11.8 Å². The molecule has 2 aromatic rings. The van der Waals surface area contributed by atoms with E-state index in [2.05, 4.69) is 10.6 Å². The summed E-state index contributed by atoms with van der Waals surface area (Å²) in [7, 11) is 1.79. The number of aryl methyl sites for hydroxylation is 1. The van der Waals surface area contributed by atoms with Crippen molar-refractivity contribution in [2.45, 2.75) is 26.9 Å². The van der Waals surface area contributed by atoms with Crippen LogP contribution in [0, 0.1) is 6.92 Å². The maximum atomic E-state index is 12.7. The van der Waals surface area contributed by atoms with Crippen LogP contribution in [0.4, 0.5) is 10.5 Å². The molecule has 142 valence electrons. The summed E-state index contributed by atoms with van der Waals surface area (Å²) in [6.45, 7) is 5.28. The number of carbonyl (C=O) groups is 2. The van der Waals surface area contributed by atoms with E-state index in [4.69, 9.17) is 10.5 Å². The van der Waals surface area contributed by atoms with Crippen molar-refractivity contribution in [1.82, 2.24) is 5.32 Å². The Morgan fingerprint density at radius 2 is 1.70 bits per heavy atom. The number of benzene rings is 2. The molecule has 0 fully saturated rings. The zero-order valence-electron chi connectivity index (χ0n) is 16.0. The van der Waals surface area contributed by atoms with Crippen LogP contribution >= 0.6 is 0 Å². The average molecular weight is 367 g/mol. The Bertz CT molecular complexity index is 853. The van der Waals surface area contributed by atoms with E-state index < -0.39 is 12.2 Å². The molecule has 0 aliphatic heterocycles. The molecule has 0 saturated heterocycles. The Hall–Kier alpha value is -3.28. The number of allylic oxidation sites excluding steroid dienone is 2. The first-order chi connectivity index (χ1) is 12.8. The largest absolute Gasteiger partial charge is 0.441 e. The van der Waals surface area contributed by atoms with Gasteiger partial charge in [0.05, 0.1) is 0 Å². The fourth-order valence-electron chi connectivity index (χ4n) is 2.67. The highest BCUT2D eigenvalue weighted by Gasteiger charge is 2.20. The van der Waals surface area contributed by atoms with Crippen LogP contribution in [0.15, 0.2) is 59.9 Å². The zero-order valence-corrected chi connectivity index (χ0v) is 16.0. The van der Waals surface area contributed by atoms with Crippen LogP contribution in [0.25, 0.3) is 0 Å². The second kappa shape index (κ2) is 8.89. The lowest BCUT2D eigenvalue weighted by molar-refractivity contribution is 0.0974. The van der Waals surface area contributed by atoms with Crippen LogP contribution in [-0.2, 0) is 4.74 Å². The van der Waals surface area contributed by atoms with Gasteiger partial charge in [-0.2, -0.15) is 0 Å². The average Bonchev–Trinajstić information content (AvgIpc) is 2.65. The molecule has 0 aromatic heterocycles. The molecule has 2 rings (SSSR count). The predicted octanol–water partition coefficient (Wildman–Crippen LogP) is 3.90. The summed E-state index contributed by atoms with van der Waals surface area (Å²) in [5.74, 6) is -0.377. The number of rotatable bonds is 6. The molecule has 1 atom stereocenters. The number of hydrogen-bond acceptors (Lipinski definition) is 5. The van der Waals surface area contributed by atoms with Crippen molar-refractivity contribution in [2.75, 3.05) is 12.4 Å². The third-order valence-electron chi connectivity index (χ3n) is 4.19. The SMILES string of the molecule is CNc1ccc(C(=O)/C(NC(=O)OC(C)c2ccccc2C)=C(/C)N)cc1. The van der Waals surface area contributed by atoms with Crippen LogP contribution in [-0.4, -0.2) is 18.9 Å². The van der Waals surface area contributed by atoms with Crippen LogP contribution in [0.5, 0.6) is 0 Å². The van der Waals surface area contributed by atoms with Crippen molar-refractivity contribution in [3.8, 4) is 0 Å². The molecule has 0 heterocycles. The fraction of sp³-hybridized carbons (Fsp3) is 0.238. The molecule has 4 N–H and O–H groups in total. The van der Waals surface area contributed by atoms with Crippen molar-refractivity contribution >= 4 is 17.6 Å². The Kier molecular flexibility index (Phi) is 6.60. The summed E-state index contributed by atoms with van der Waals surface area (Å²) in [4.78, 5) is 25.0. The van der Waals surface area contributed by atoms with Crippen LogP contribution < -0.4 is 16.4 Å². The van der Waals surface area contributed by atoms with E-state index in [9.17, 15) is 9.59 Å². The third-order valence-corrected chi connectivity index (χ3v) is 4.19. The second-order valence-corrected chi connectivity index (χ2v) is 6.24. The van der Waals surface area contributed by atoms with E-state index in [1.807, 2.05) is 31.2 Å². The minimum absolute atomic E-state index is 0.00851.